The molecule has 0 unspecified atom stereocenters. The molecule has 0 amide bonds. The Bertz CT molecular complexity index is 852. The predicted octanol–water partition coefficient (Wildman–Crippen LogP) is 5.37. The van der Waals surface area contributed by atoms with E-state index >= 15 is 0 Å². The largest absolute Gasteiger partial charge is 0.480 e. The first-order valence-corrected chi connectivity index (χ1v) is 8.25. The smallest absolute Gasteiger partial charge is 0.327 e. The lowest BCUT2D eigenvalue weighted by atomic mass is 10.3. The molecule has 2 nitrogen and oxygen atoms in total. The van der Waals surface area contributed by atoms with Crippen LogP contribution in [0.1, 0.15) is 0 Å². The highest BCUT2D eigenvalue weighted by Gasteiger charge is 2.34. The van der Waals surface area contributed by atoms with E-state index in [-0.39, 0.29) is 0 Å². The fourth-order valence-corrected chi connectivity index (χ4v) is 3.89. The number of carboxylic acid groups (broad SMARTS) is 1. The molecule has 28 heavy (non-hydrogen) atoms. The van der Waals surface area contributed by atoms with Crippen LogP contribution >= 0.6 is 23.5 Å². The van der Waals surface area contributed by atoms with Crippen molar-refractivity contribution in [1.82, 2.24) is 0 Å². The molecule has 0 aromatic heterocycles. The third-order valence-corrected chi connectivity index (χ3v) is 5.59. The first-order chi connectivity index (χ1) is 12.9. The van der Waals surface area contributed by atoms with Crippen LogP contribution in [0.2, 0.25) is 0 Å². The molecule has 2 aromatic carbocycles. The van der Waals surface area contributed by atoms with E-state index in [2.05, 4.69) is 0 Å². The van der Waals surface area contributed by atoms with Gasteiger partial charge in [0.1, 0.15) is 0 Å². The number of rotatable bonds is 5. The van der Waals surface area contributed by atoms with Crippen molar-refractivity contribution in [3.05, 3.63) is 58.2 Å². The summed E-state index contributed by atoms with van der Waals surface area (Å²) in [5.74, 6) is -26.7. The molecule has 1 N–H and O–H groups in total. The van der Waals surface area contributed by atoms with Crippen molar-refractivity contribution in [2.45, 2.75) is 14.4 Å². The van der Waals surface area contributed by atoms with Gasteiger partial charge in [0.25, 0.3) is 0 Å². The molecule has 2 rings (SSSR count). The van der Waals surface area contributed by atoms with Gasteiger partial charge >= 0.3 is 5.97 Å². The van der Waals surface area contributed by atoms with Crippen molar-refractivity contribution in [2.24, 2.45) is 0 Å². The Morgan fingerprint density at radius 2 is 0.750 bits per heavy atom. The Morgan fingerprint density at radius 1 is 0.536 bits per heavy atom. The zero-order valence-electron chi connectivity index (χ0n) is 12.5. The summed E-state index contributed by atoms with van der Waals surface area (Å²) in [7, 11) is 0. The molecule has 0 aliphatic carbocycles. The maximum atomic E-state index is 13.6. The SMILES string of the molecule is O=C(O)C(Sc1c(F)c(F)c(F)c(F)c1F)Sc1c(F)c(F)c(F)c(F)c1F. The molecule has 0 saturated heterocycles. The topological polar surface area (TPSA) is 37.3 Å². The molecule has 0 aliphatic heterocycles. The average molecular weight is 456 g/mol. The van der Waals surface area contributed by atoms with Gasteiger partial charge < -0.3 is 5.11 Å². The van der Waals surface area contributed by atoms with Gasteiger partial charge in [-0.15, -0.1) is 0 Å². The van der Waals surface area contributed by atoms with Gasteiger partial charge in [-0.25, -0.2) is 43.9 Å². The van der Waals surface area contributed by atoms with Crippen LogP contribution in [0.25, 0.3) is 0 Å². The van der Waals surface area contributed by atoms with Gasteiger partial charge in [0.15, 0.2) is 51.1 Å². The standard InChI is InChI=1S/C14H2F10O2S2/c15-1-3(17)7(21)11(8(22)4(1)18)27-14(13(25)26)28-12-9(23)5(19)2(16)6(20)10(12)24/h14H,(H,25,26). The number of benzene rings is 2. The summed E-state index contributed by atoms with van der Waals surface area (Å²) in [4.78, 5) is 7.73. The van der Waals surface area contributed by atoms with Crippen molar-refractivity contribution in [2.75, 3.05) is 0 Å². The van der Waals surface area contributed by atoms with Crippen LogP contribution in [0.3, 0.4) is 0 Å². The summed E-state index contributed by atoms with van der Waals surface area (Å²) in [5.41, 5.74) is 0. The highest BCUT2D eigenvalue weighted by Crippen LogP contribution is 2.42. The van der Waals surface area contributed by atoms with Crippen molar-refractivity contribution in [1.29, 1.82) is 0 Å². The maximum absolute atomic E-state index is 13.6. The van der Waals surface area contributed by atoms with Crippen LogP contribution < -0.4 is 0 Å². The lowest BCUT2D eigenvalue weighted by molar-refractivity contribution is -0.134. The summed E-state index contributed by atoms with van der Waals surface area (Å²) in [6.07, 6.45) is 0. The molecule has 14 heteroatoms. The molecule has 0 bridgehead atoms. The molecular weight excluding hydrogens is 454 g/mol. The minimum Gasteiger partial charge on any atom is -0.480 e. The highest BCUT2D eigenvalue weighted by molar-refractivity contribution is 8.18. The van der Waals surface area contributed by atoms with E-state index in [0.717, 1.165) is 0 Å². The second kappa shape index (κ2) is 8.11. The van der Waals surface area contributed by atoms with Crippen molar-refractivity contribution in [3.63, 3.8) is 0 Å². The summed E-state index contributed by atoms with van der Waals surface area (Å²) in [6.45, 7) is 0. The number of thioether (sulfide) groups is 2. The van der Waals surface area contributed by atoms with Gasteiger partial charge in [-0.05, 0) is 0 Å². The molecule has 0 radical (unpaired) electrons. The molecule has 0 aliphatic rings. The van der Waals surface area contributed by atoms with Gasteiger partial charge in [0, 0.05) is 0 Å². The Labute approximate surface area is 156 Å². The Morgan fingerprint density at radius 3 is 0.964 bits per heavy atom. The van der Waals surface area contributed by atoms with E-state index in [4.69, 9.17) is 5.11 Å². The van der Waals surface area contributed by atoms with Crippen LogP contribution in [0.15, 0.2) is 9.79 Å². The lowest BCUT2D eigenvalue weighted by Crippen LogP contribution is -2.15. The minimum absolute atomic E-state index is 0.590. The monoisotopic (exact) mass is 456 g/mol. The number of carbonyl (C=O) groups is 1. The summed E-state index contributed by atoms with van der Waals surface area (Å²) in [6, 6.07) is 0. The van der Waals surface area contributed by atoms with Crippen molar-refractivity contribution >= 4 is 29.5 Å². The van der Waals surface area contributed by atoms with E-state index in [1.807, 2.05) is 0 Å². The molecule has 2 aromatic rings. The number of hydrogen-bond acceptors (Lipinski definition) is 3. The number of carboxylic acids is 1. The first kappa shape index (κ1) is 22.2. The first-order valence-electron chi connectivity index (χ1n) is 6.49. The fraction of sp³-hybridized carbons (Fsp3) is 0.0714. The summed E-state index contributed by atoms with van der Waals surface area (Å²) in [5, 5.41) is 8.99. The van der Waals surface area contributed by atoms with E-state index in [1.165, 1.54) is 0 Å². The molecule has 0 spiro atoms. The zero-order valence-corrected chi connectivity index (χ0v) is 14.2. The normalized spacial score (nSPS) is 11.4. The molecular formula is C14H2F10O2S2. The zero-order chi connectivity index (χ0) is 21.5. The van der Waals surface area contributed by atoms with Crippen molar-refractivity contribution < 1.29 is 53.8 Å². The molecule has 152 valence electrons. The summed E-state index contributed by atoms with van der Waals surface area (Å²) >= 11 is -1.18. The van der Waals surface area contributed by atoms with Crippen LogP contribution in [0.5, 0.6) is 0 Å². The summed E-state index contributed by atoms with van der Waals surface area (Å²) < 4.78 is 131. The van der Waals surface area contributed by atoms with Crippen LogP contribution in [-0.2, 0) is 4.79 Å². The van der Waals surface area contributed by atoms with Gasteiger partial charge in [-0.1, -0.05) is 23.5 Å². The van der Waals surface area contributed by atoms with E-state index in [0.29, 0.717) is 0 Å². The van der Waals surface area contributed by atoms with Gasteiger partial charge in [0.2, 0.25) is 11.6 Å². The van der Waals surface area contributed by atoms with Gasteiger partial charge in [-0.3, -0.25) is 4.79 Å². The van der Waals surface area contributed by atoms with E-state index < -0.39 is 102 Å². The molecule has 0 heterocycles. The van der Waals surface area contributed by atoms with Gasteiger partial charge in [-0.2, -0.15) is 0 Å². The lowest BCUT2D eigenvalue weighted by Gasteiger charge is -2.15. The Kier molecular flexibility index (Phi) is 6.43. The number of halogens is 10. The van der Waals surface area contributed by atoms with Crippen LogP contribution in [-0.4, -0.2) is 15.7 Å². The number of aliphatic carboxylic acids is 1. The molecule has 0 atom stereocenters. The minimum atomic E-state index is -2.54. The predicted molar refractivity (Wildman–Crippen MR) is 75.6 cm³/mol. The van der Waals surface area contributed by atoms with E-state index in [1.54, 1.807) is 0 Å². The van der Waals surface area contributed by atoms with Crippen LogP contribution in [0, 0.1) is 58.2 Å². The third kappa shape index (κ3) is 3.74. The number of hydrogen-bond donors (Lipinski definition) is 1. The average Bonchev–Trinajstić information content (AvgIpc) is 2.66. The van der Waals surface area contributed by atoms with E-state index in [9.17, 15) is 48.7 Å². The quantitative estimate of drug-likeness (QED) is 0.216. The molecule has 0 saturated carbocycles. The van der Waals surface area contributed by atoms with Gasteiger partial charge in [0.05, 0.1) is 9.79 Å². The van der Waals surface area contributed by atoms with Crippen LogP contribution in [0.4, 0.5) is 43.9 Å². The second-order valence-electron chi connectivity index (χ2n) is 4.70. The maximum Gasteiger partial charge on any atom is 0.327 e. The molecule has 0 fully saturated rings. The highest BCUT2D eigenvalue weighted by atomic mass is 32.2. The van der Waals surface area contributed by atoms with Crippen molar-refractivity contribution in [3.8, 4) is 0 Å². The Hall–Kier alpha value is -2.09. The Balaban J connectivity index is 2.53. The second-order valence-corrected chi connectivity index (χ2v) is 7.23. The third-order valence-electron chi connectivity index (χ3n) is 2.99. The fourth-order valence-electron chi connectivity index (χ4n) is 1.72.